The molecule has 0 atom stereocenters. The number of rotatable bonds is 2. The second-order valence-corrected chi connectivity index (χ2v) is 6.10. The molecule has 0 aliphatic heterocycles. The number of benzene rings is 2. The Bertz CT molecular complexity index is 510. The summed E-state index contributed by atoms with van der Waals surface area (Å²) in [6.07, 6.45) is 0. The van der Waals surface area contributed by atoms with E-state index in [1.165, 1.54) is 22.3 Å². The lowest BCUT2D eigenvalue weighted by Gasteiger charge is -2.09. The second kappa shape index (κ2) is 5.85. The summed E-state index contributed by atoms with van der Waals surface area (Å²) in [5, 5.41) is 0. The third kappa shape index (κ3) is 3.12. The molecule has 0 bridgehead atoms. The predicted octanol–water partition coefficient (Wildman–Crippen LogP) is 6.16. The van der Waals surface area contributed by atoms with Gasteiger partial charge in [0.15, 0.2) is 0 Å². The van der Waals surface area contributed by atoms with Crippen LogP contribution in [0.5, 0.6) is 0 Å². The van der Waals surface area contributed by atoms with Gasteiger partial charge in [0.05, 0.1) is 0 Å². The molecule has 0 saturated heterocycles. The molecule has 0 aromatic heterocycles. The summed E-state index contributed by atoms with van der Waals surface area (Å²) in [6, 6.07) is 16.9. The number of allylic oxidation sites excluding steroid dienone is 2. The van der Waals surface area contributed by atoms with Crippen LogP contribution >= 0.6 is 31.9 Å². The van der Waals surface area contributed by atoms with Gasteiger partial charge in [-0.1, -0.05) is 56.1 Å². The van der Waals surface area contributed by atoms with Crippen LogP contribution in [0.2, 0.25) is 0 Å². The predicted molar refractivity (Wildman–Crippen MR) is 86.4 cm³/mol. The number of halogens is 2. The van der Waals surface area contributed by atoms with Crippen LogP contribution < -0.4 is 0 Å². The lowest BCUT2D eigenvalue weighted by molar-refractivity contribution is 1.49. The van der Waals surface area contributed by atoms with Crippen molar-refractivity contribution in [1.29, 1.82) is 0 Å². The van der Waals surface area contributed by atoms with Crippen molar-refractivity contribution in [3.05, 3.63) is 68.6 Å². The van der Waals surface area contributed by atoms with Crippen LogP contribution in [0.1, 0.15) is 25.0 Å². The van der Waals surface area contributed by atoms with Crippen LogP contribution in [0.3, 0.4) is 0 Å². The van der Waals surface area contributed by atoms with Crippen LogP contribution in [0.15, 0.2) is 57.5 Å². The van der Waals surface area contributed by atoms with E-state index in [4.69, 9.17) is 0 Å². The van der Waals surface area contributed by atoms with Crippen molar-refractivity contribution >= 4 is 43.0 Å². The summed E-state index contributed by atoms with van der Waals surface area (Å²) in [7, 11) is 0. The van der Waals surface area contributed by atoms with Gasteiger partial charge in [-0.05, 0) is 60.4 Å². The van der Waals surface area contributed by atoms with Gasteiger partial charge < -0.3 is 0 Å². The van der Waals surface area contributed by atoms with E-state index in [0.29, 0.717) is 0 Å². The molecule has 0 fully saturated rings. The molecule has 18 heavy (non-hydrogen) atoms. The fraction of sp³-hybridized carbons (Fsp3) is 0.125. The fourth-order valence-electron chi connectivity index (χ4n) is 1.83. The minimum absolute atomic E-state index is 1.11. The maximum Gasteiger partial charge on any atom is 0.0175 e. The van der Waals surface area contributed by atoms with Crippen LogP contribution in [-0.4, -0.2) is 0 Å². The van der Waals surface area contributed by atoms with Gasteiger partial charge >= 0.3 is 0 Å². The first-order chi connectivity index (χ1) is 8.58. The first kappa shape index (κ1) is 13.6. The molecule has 0 aliphatic carbocycles. The van der Waals surface area contributed by atoms with E-state index in [9.17, 15) is 0 Å². The minimum atomic E-state index is 1.11. The first-order valence-electron chi connectivity index (χ1n) is 5.77. The molecular weight excluding hydrogens is 352 g/mol. The van der Waals surface area contributed by atoms with E-state index in [0.717, 1.165) is 8.95 Å². The number of hydrogen-bond acceptors (Lipinski definition) is 0. The van der Waals surface area contributed by atoms with Gasteiger partial charge in [-0.3, -0.25) is 0 Å². The topological polar surface area (TPSA) is 0 Å². The zero-order valence-electron chi connectivity index (χ0n) is 10.4. The molecule has 0 saturated carbocycles. The monoisotopic (exact) mass is 364 g/mol. The SMILES string of the molecule is C/C(=C(\C)c1ccc(Br)cc1)c1ccc(Br)cc1. The summed E-state index contributed by atoms with van der Waals surface area (Å²) in [4.78, 5) is 0. The maximum atomic E-state index is 3.46. The molecule has 0 N–H and O–H groups in total. The van der Waals surface area contributed by atoms with Crippen molar-refractivity contribution in [2.75, 3.05) is 0 Å². The van der Waals surface area contributed by atoms with Crippen LogP contribution in [-0.2, 0) is 0 Å². The molecule has 2 heteroatoms. The van der Waals surface area contributed by atoms with Crippen molar-refractivity contribution in [3.63, 3.8) is 0 Å². The van der Waals surface area contributed by atoms with Crippen molar-refractivity contribution in [2.24, 2.45) is 0 Å². The van der Waals surface area contributed by atoms with Crippen LogP contribution in [0.25, 0.3) is 11.1 Å². The molecular formula is C16H14Br2. The van der Waals surface area contributed by atoms with E-state index in [1.54, 1.807) is 0 Å². The zero-order valence-corrected chi connectivity index (χ0v) is 13.5. The second-order valence-electron chi connectivity index (χ2n) is 4.26. The molecule has 0 spiro atoms. The Hall–Kier alpha value is -0.860. The Labute approximate surface area is 125 Å². The van der Waals surface area contributed by atoms with Gasteiger partial charge in [0.25, 0.3) is 0 Å². The Morgan fingerprint density at radius 3 is 1.17 bits per heavy atom. The first-order valence-corrected chi connectivity index (χ1v) is 7.36. The van der Waals surface area contributed by atoms with Crippen molar-refractivity contribution in [3.8, 4) is 0 Å². The maximum absolute atomic E-state index is 3.46. The molecule has 2 rings (SSSR count). The lowest BCUT2D eigenvalue weighted by Crippen LogP contribution is -1.86. The summed E-state index contributed by atoms with van der Waals surface area (Å²) in [5.74, 6) is 0. The lowest BCUT2D eigenvalue weighted by atomic mass is 9.97. The van der Waals surface area contributed by atoms with Gasteiger partial charge in [0, 0.05) is 8.95 Å². The number of hydrogen-bond donors (Lipinski definition) is 0. The van der Waals surface area contributed by atoms with Crippen LogP contribution in [0.4, 0.5) is 0 Å². The van der Waals surface area contributed by atoms with E-state index in [1.807, 2.05) is 0 Å². The Morgan fingerprint density at radius 1 is 0.611 bits per heavy atom. The van der Waals surface area contributed by atoms with Gasteiger partial charge in [-0.25, -0.2) is 0 Å². The fourth-order valence-corrected chi connectivity index (χ4v) is 2.36. The largest absolute Gasteiger partial charge is 0.0536 e. The van der Waals surface area contributed by atoms with Gasteiger partial charge in [0.2, 0.25) is 0 Å². The summed E-state index contributed by atoms with van der Waals surface area (Å²) in [5.41, 5.74) is 5.15. The molecule has 0 radical (unpaired) electrons. The molecule has 2 aromatic rings. The Morgan fingerprint density at radius 2 is 0.889 bits per heavy atom. The van der Waals surface area contributed by atoms with E-state index < -0.39 is 0 Å². The Balaban J connectivity index is 2.40. The smallest absolute Gasteiger partial charge is 0.0175 e. The highest BCUT2D eigenvalue weighted by molar-refractivity contribution is 9.10. The van der Waals surface area contributed by atoms with Gasteiger partial charge in [0.1, 0.15) is 0 Å². The molecule has 0 heterocycles. The van der Waals surface area contributed by atoms with Crippen molar-refractivity contribution in [1.82, 2.24) is 0 Å². The average molecular weight is 366 g/mol. The molecule has 2 aromatic carbocycles. The van der Waals surface area contributed by atoms with Gasteiger partial charge in [-0.2, -0.15) is 0 Å². The highest BCUT2D eigenvalue weighted by atomic mass is 79.9. The van der Waals surface area contributed by atoms with Crippen molar-refractivity contribution in [2.45, 2.75) is 13.8 Å². The minimum Gasteiger partial charge on any atom is -0.0536 e. The summed E-state index contributed by atoms with van der Waals surface area (Å²) >= 11 is 6.93. The molecule has 0 nitrogen and oxygen atoms in total. The zero-order chi connectivity index (χ0) is 13.1. The third-order valence-electron chi connectivity index (χ3n) is 3.12. The van der Waals surface area contributed by atoms with Crippen LogP contribution in [0, 0.1) is 0 Å². The average Bonchev–Trinajstić information content (AvgIpc) is 2.39. The van der Waals surface area contributed by atoms with Gasteiger partial charge in [-0.15, -0.1) is 0 Å². The van der Waals surface area contributed by atoms with Crippen molar-refractivity contribution < 1.29 is 0 Å². The molecule has 0 amide bonds. The van der Waals surface area contributed by atoms with E-state index >= 15 is 0 Å². The van der Waals surface area contributed by atoms with E-state index in [2.05, 4.69) is 94.2 Å². The highest BCUT2D eigenvalue weighted by Crippen LogP contribution is 2.27. The standard InChI is InChI=1S/C16H14Br2/c1-11(13-3-7-15(17)8-4-13)12(2)14-5-9-16(18)10-6-14/h3-10H,1-2H3/b12-11-. The summed E-state index contributed by atoms with van der Waals surface area (Å²) < 4.78 is 2.22. The van der Waals surface area contributed by atoms with E-state index in [-0.39, 0.29) is 0 Å². The molecule has 92 valence electrons. The quantitative estimate of drug-likeness (QED) is 0.559. The summed E-state index contributed by atoms with van der Waals surface area (Å²) in [6.45, 7) is 4.33. The normalized spacial score (nSPS) is 12.2. The Kier molecular flexibility index (Phi) is 4.41. The highest BCUT2D eigenvalue weighted by Gasteiger charge is 2.03. The molecule has 0 aliphatic rings. The third-order valence-corrected chi connectivity index (χ3v) is 4.17. The molecule has 0 unspecified atom stereocenters.